The molecule has 1 saturated carbocycles. The first-order chi connectivity index (χ1) is 7.48. The van der Waals surface area contributed by atoms with E-state index in [1.54, 1.807) is 0 Å². The van der Waals surface area contributed by atoms with Crippen molar-refractivity contribution in [2.24, 2.45) is 11.8 Å². The predicted molar refractivity (Wildman–Crippen MR) is 61.3 cm³/mol. The summed E-state index contributed by atoms with van der Waals surface area (Å²) in [5.41, 5.74) is -0.140. The summed E-state index contributed by atoms with van der Waals surface area (Å²) >= 11 is 0. The Labute approximate surface area is 97.2 Å². The van der Waals surface area contributed by atoms with E-state index in [-0.39, 0.29) is 5.60 Å². The Bertz CT molecular complexity index is 272. The molecule has 0 bridgehead atoms. The van der Waals surface area contributed by atoms with Gasteiger partial charge in [0, 0.05) is 6.42 Å². The lowest BCUT2D eigenvalue weighted by Gasteiger charge is -2.48. The van der Waals surface area contributed by atoms with E-state index < -0.39 is 5.97 Å². The van der Waals surface area contributed by atoms with Gasteiger partial charge in [0.15, 0.2) is 0 Å². The lowest BCUT2D eigenvalue weighted by Crippen LogP contribution is -2.47. The zero-order valence-corrected chi connectivity index (χ0v) is 10.2. The summed E-state index contributed by atoms with van der Waals surface area (Å²) in [6.45, 7) is 4.18. The molecule has 3 heteroatoms. The maximum absolute atomic E-state index is 10.9. The van der Waals surface area contributed by atoms with Crippen LogP contribution >= 0.6 is 0 Å². The molecule has 3 atom stereocenters. The molecule has 16 heavy (non-hydrogen) atoms. The SMILES string of the molecule is CC1(C)CC(CC(=O)O)C2CCCCC2O1. The molecular formula is C13H22O3. The Hall–Kier alpha value is -0.570. The summed E-state index contributed by atoms with van der Waals surface area (Å²) in [5.74, 6) is 0.136. The second kappa shape index (κ2) is 4.36. The van der Waals surface area contributed by atoms with Crippen molar-refractivity contribution >= 4 is 5.97 Å². The highest BCUT2D eigenvalue weighted by atomic mass is 16.5. The summed E-state index contributed by atoms with van der Waals surface area (Å²) in [7, 11) is 0. The molecule has 0 amide bonds. The van der Waals surface area contributed by atoms with E-state index in [0.29, 0.717) is 24.4 Å². The summed E-state index contributed by atoms with van der Waals surface area (Å²) in [4.78, 5) is 10.9. The molecule has 1 heterocycles. The second-order valence-corrected chi connectivity index (χ2v) is 5.93. The van der Waals surface area contributed by atoms with Crippen molar-refractivity contribution < 1.29 is 14.6 Å². The number of rotatable bonds is 2. The van der Waals surface area contributed by atoms with Gasteiger partial charge in [-0.1, -0.05) is 12.8 Å². The molecule has 2 fully saturated rings. The zero-order chi connectivity index (χ0) is 11.8. The average molecular weight is 226 g/mol. The number of fused-ring (bicyclic) bond motifs is 1. The van der Waals surface area contributed by atoms with E-state index in [1.807, 2.05) is 0 Å². The summed E-state index contributed by atoms with van der Waals surface area (Å²) in [5, 5.41) is 8.99. The Morgan fingerprint density at radius 1 is 1.38 bits per heavy atom. The normalized spacial score (nSPS) is 37.8. The van der Waals surface area contributed by atoms with E-state index in [4.69, 9.17) is 9.84 Å². The van der Waals surface area contributed by atoms with Gasteiger partial charge in [-0.05, 0) is 44.9 Å². The highest BCUT2D eigenvalue weighted by molar-refractivity contribution is 5.67. The van der Waals surface area contributed by atoms with Crippen LogP contribution in [0, 0.1) is 11.8 Å². The van der Waals surface area contributed by atoms with Crippen molar-refractivity contribution in [1.29, 1.82) is 0 Å². The first-order valence-corrected chi connectivity index (χ1v) is 6.37. The molecule has 1 N–H and O–H groups in total. The van der Waals surface area contributed by atoms with Crippen molar-refractivity contribution in [3.05, 3.63) is 0 Å². The summed E-state index contributed by atoms with van der Waals surface area (Å²) in [6, 6.07) is 0. The van der Waals surface area contributed by atoms with Gasteiger partial charge < -0.3 is 9.84 Å². The molecule has 2 aliphatic rings. The highest BCUT2D eigenvalue weighted by Crippen LogP contribution is 2.44. The van der Waals surface area contributed by atoms with Crippen molar-refractivity contribution in [3.63, 3.8) is 0 Å². The first kappa shape index (κ1) is 11.9. The van der Waals surface area contributed by atoms with Crippen LogP contribution in [0.25, 0.3) is 0 Å². The fourth-order valence-corrected chi connectivity index (χ4v) is 3.50. The van der Waals surface area contributed by atoms with Crippen LogP contribution in [0.15, 0.2) is 0 Å². The molecule has 0 radical (unpaired) electrons. The molecule has 2 rings (SSSR count). The highest BCUT2D eigenvalue weighted by Gasteiger charge is 2.43. The fraction of sp³-hybridized carbons (Fsp3) is 0.923. The quantitative estimate of drug-likeness (QED) is 0.787. The number of aliphatic carboxylic acids is 1. The summed E-state index contributed by atoms with van der Waals surface area (Å²) < 4.78 is 6.10. The van der Waals surface area contributed by atoms with Gasteiger partial charge in [-0.2, -0.15) is 0 Å². The van der Waals surface area contributed by atoms with E-state index in [0.717, 1.165) is 19.3 Å². The molecule has 0 aromatic carbocycles. The number of hydrogen-bond acceptors (Lipinski definition) is 2. The Morgan fingerprint density at radius 3 is 2.75 bits per heavy atom. The third-order valence-corrected chi connectivity index (χ3v) is 4.02. The first-order valence-electron chi connectivity index (χ1n) is 6.37. The second-order valence-electron chi connectivity index (χ2n) is 5.93. The largest absolute Gasteiger partial charge is 0.481 e. The molecule has 0 aromatic rings. The lowest BCUT2D eigenvalue weighted by atomic mass is 9.70. The number of hydrogen-bond donors (Lipinski definition) is 1. The Kier molecular flexibility index (Phi) is 3.24. The maximum Gasteiger partial charge on any atom is 0.303 e. The number of carboxylic acid groups (broad SMARTS) is 1. The van der Waals surface area contributed by atoms with Gasteiger partial charge in [0.1, 0.15) is 0 Å². The standard InChI is InChI=1S/C13H22O3/c1-13(2)8-9(7-12(14)15)10-5-3-4-6-11(10)16-13/h9-11H,3-8H2,1-2H3,(H,14,15). The Balaban J connectivity index is 2.10. The van der Waals surface area contributed by atoms with Crippen molar-refractivity contribution in [1.82, 2.24) is 0 Å². The van der Waals surface area contributed by atoms with E-state index >= 15 is 0 Å². The van der Waals surface area contributed by atoms with Crippen LogP contribution in [-0.2, 0) is 9.53 Å². The molecule has 1 aliphatic carbocycles. The maximum atomic E-state index is 10.9. The number of ether oxygens (including phenoxy) is 1. The van der Waals surface area contributed by atoms with Crippen LogP contribution in [0.2, 0.25) is 0 Å². The van der Waals surface area contributed by atoms with Gasteiger partial charge in [0.05, 0.1) is 11.7 Å². The zero-order valence-electron chi connectivity index (χ0n) is 10.2. The van der Waals surface area contributed by atoms with Crippen LogP contribution < -0.4 is 0 Å². The van der Waals surface area contributed by atoms with Crippen LogP contribution in [0.4, 0.5) is 0 Å². The minimum absolute atomic E-state index is 0.140. The fourth-order valence-electron chi connectivity index (χ4n) is 3.50. The van der Waals surface area contributed by atoms with E-state index in [1.165, 1.54) is 12.8 Å². The number of carbonyl (C=O) groups is 1. The van der Waals surface area contributed by atoms with Gasteiger partial charge in [-0.3, -0.25) is 4.79 Å². The summed E-state index contributed by atoms with van der Waals surface area (Å²) in [6.07, 6.45) is 6.25. The van der Waals surface area contributed by atoms with Gasteiger partial charge in [-0.25, -0.2) is 0 Å². The van der Waals surface area contributed by atoms with Crippen LogP contribution in [0.3, 0.4) is 0 Å². The topological polar surface area (TPSA) is 46.5 Å². The minimum Gasteiger partial charge on any atom is -0.481 e. The Morgan fingerprint density at radius 2 is 2.06 bits per heavy atom. The predicted octanol–water partition coefficient (Wildman–Crippen LogP) is 2.84. The van der Waals surface area contributed by atoms with E-state index in [9.17, 15) is 4.79 Å². The monoisotopic (exact) mass is 226 g/mol. The molecular weight excluding hydrogens is 204 g/mol. The molecule has 0 aromatic heterocycles. The third kappa shape index (κ3) is 2.57. The third-order valence-electron chi connectivity index (χ3n) is 4.02. The molecule has 3 unspecified atom stereocenters. The van der Waals surface area contributed by atoms with Crippen LogP contribution in [0.1, 0.15) is 52.4 Å². The molecule has 92 valence electrons. The van der Waals surface area contributed by atoms with Crippen molar-refractivity contribution in [2.45, 2.75) is 64.1 Å². The molecule has 1 saturated heterocycles. The smallest absolute Gasteiger partial charge is 0.303 e. The minimum atomic E-state index is -0.660. The lowest BCUT2D eigenvalue weighted by molar-refractivity contribution is -0.174. The number of carboxylic acids is 1. The average Bonchev–Trinajstić information content (AvgIpc) is 2.14. The van der Waals surface area contributed by atoms with Gasteiger partial charge in [0.25, 0.3) is 0 Å². The van der Waals surface area contributed by atoms with Gasteiger partial charge in [0.2, 0.25) is 0 Å². The van der Waals surface area contributed by atoms with Gasteiger partial charge in [-0.15, -0.1) is 0 Å². The van der Waals surface area contributed by atoms with Gasteiger partial charge >= 0.3 is 5.97 Å². The molecule has 3 nitrogen and oxygen atoms in total. The molecule has 1 aliphatic heterocycles. The van der Waals surface area contributed by atoms with E-state index in [2.05, 4.69) is 13.8 Å². The van der Waals surface area contributed by atoms with Crippen molar-refractivity contribution in [3.8, 4) is 0 Å². The van der Waals surface area contributed by atoms with Crippen LogP contribution in [-0.4, -0.2) is 22.8 Å². The van der Waals surface area contributed by atoms with Crippen LogP contribution in [0.5, 0.6) is 0 Å². The molecule has 0 spiro atoms. The van der Waals surface area contributed by atoms with Crippen molar-refractivity contribution in [2.75, 3.05) is 0 Å².